The molecule has 0 bridgehead atoms. The number of aryl methyl sites for hydroxylation is 2. The van der Waals surface area contributed by atoms with Crippen molar-refractivity contribution in [3.8, 4) is 0 Å². The summed E-state index contributed by atoms with van der Waals surface area (Å²) in [6.07, 6.45) is 5.73. The Bertz CT molecular complexity index is 995. The molecular formula is C25H34N4O2. The Morgan fingerprint density at radius 1 is 1.16 bits per heavy atom. The number of carbonyl (C=O) groups is 2. The molecule has 1 aliphatic carbocycles. The Kier molecular flexibility index (Phi) is 5.67. The molecule has 1 aliphatic heterocycles. The van der Waals surface area contributed by atoms with Crippen LogP contribution in [0.5, 0.6) is 0 Å². The van der Waals surface area contributed by atoms with E-state index in [2.05, 4.69) is 31.4 Å². The van der Waals surface area contributed by atoms with Gasteiger partial charge in [0.05, 0.1) is 11.2 Å². The average Bonchev–Trinajstić information content (AvgIpc) is 3.05. The molecule has 1 aromatic carbocycles. The van der Waals surface area contributed by atoms with E-state index in [0.717, 1.165) is 35.5 Å². The average molecular weight is 423 g/mol. The number of aromatic nitrogens is 2. The minimum absolute atomic E-state index is 0.0612. The lowest BCUT2D eigenvalue weighted by atomic mass is 9.71. The molecule has 2 N–H and O–H groups in total. The second-order valence-corrected chi connectivity index (χ2v) is 10.2. The van der Waals surface area contributed by atoms with Crippen molar-refractivity contribution in [1.29, 1.82) is 0 Å². The van der Waals surface area contributed by atoms with E-state index in [9.17, 15) is 9.59 Å². The molecule has 6 heteroatoms. The summed E-state index contributed by atoms with van der Waals surface area (Å²) >= 11 is 0. The van der Waals surface area contributed by atoms with E-state index in [4.69, 9.17) is 5.10 Å². The standard InChI is InChI=1S/C25H34N4O2/c1-15-10-9-13-18(14-15)23(30)26-21-20(17-11-7-6-8-12-17)19-16(2)28-29(25(3,4)5)22(19)27-24(21)31/h9-10,13-14,17,20-21H,6-8,11-12H2,1-5H3,(H,26,30)(H,27,31)/t20-,21+/m0/s1. The Balaban J connectivity index is 1.75. The van der Waals surface area contributed by atoms with Crippen molar-refractivity contribution in [1.82, 2.24) is 15.1 Å². The van der Waals surface area contributed by atoms with E-state index in [1.165, 1.54) is 19.3 Å². The van der Waals surface area contributed by atoms with Crippen LogP contribution in [0, 0.1) is 19.8 Å². The highest BCUT2D eigenvalue weighted by atomic mass is 16.2. The first kappa shape index (κ1) is 21.6. The van der Waals surface area contributed by atoms with Gasteiger partial charge in [-0.2, -0.15) is 5.10 Å². The summed E-state index contributed by atoms with van der Waals surface area (Å²) in [7, 11) is 0. The molecular weight excluding hydrogens is 388 g/mol. The van der Waals surface area contributed by atoms with Gasteiger partial charge in [0.1, 0.15) is 11.9 Å². The summed E-state index contributed by atoms with van der Waals surface area (Å²) in [5, 5.41) is 11.0. The molecule has 1 aromatic heterocycles. The molecule has 2 aliphatic rings. The summed E-state index contributed by atoms with van der Waals surface area (Å²) in [6.45, 7) is 10.3. The number of benzene rings is 1. The van der Waals surface area contributed by atoms with Crippen molar-refractivity contribution in [3.63, 3.8) is 0 Å². The molecule has 0 spiro atoms. The number of rotatable bonds is 3. The summed E-state index contributed by atoms with van der Waals surface area (Å²) in [5.74, 6) is 0.752. The minimum atomic E-state index is -0.597. The van der Waals surface area contributed by atoms with Crippen molar-refractivity contribution >= 4 is 17.6 Å². The van der Waals surface area contributed by atoms with Gasteiger partial charge in [-0.05, 0) is 65.5 Å². The Hall–Kier alpha value is -2.63. The third kappa shape index (κ3) is 4.12. The Morgan fingerprint density at radius 3 is 2.52 bits per heavy atom. The first-order valence-corrected chi connectivity index (χ1v) is 11.4. The van der Waals surface area contributed by atoms with E-state index >= 15 is 0 Å². The molecule has 1 saturated carbocycles. The number of fused-ring (bicyclic) bond motifs is 1. The van der Waals surface area contributed by atoms with Gasteiger partial charge in [0.2, 0.25) is 5.91 Å². The third-order valence-electron chi connectivity index (χ3n) is 6.68. The monoisotopic (exact) mass is 422 g/mol. The summed E-state index contributed by atoms with van der Waals surface area (Å²) in [4.78, 5) is 26.5. The van der Waals surface area contributed by atoms with Gasteiger partial charge in [0, 0.05) is 17.0 Å². The lowest BCUT2D eigenvalue weighted by Gasteiger charge is -2.39. The zero-order chi connectivity index (χ0) is 22.3. The van der Waals surface area contributed by atoms with Crippen LogP contribution in [0.4, 0.5) is 5.82 Å². The van der Waals surface area contributed by atoms with Crippen molar-refractivity contribution in [2.24, 2.45) is 5.92 Å². The minimum Gasteiger partial charge on any atom is -0.340 e. The second-order valence-electron chi connectivity index (χ2n) is 10.2. The first-order valence-electron chi connectivity index (χ1n) is 11.4. The highest BCUT2D eigenvalue weighted by molar-refractivity contribution is 6.03. The lowest BCUT2D eigenvalue weighted by Crippen LogP contribution is -2.52. The van der Waals surface area contributed by atoms with Gasteiger partial charge in [0.15, 0.2) is 0 Å². The lowest BCUT2D eigenvalue weighted by molar-refractivity contribution is -0.119. The van der Waals surface area contributed by atoms with Crippen LogP contribution in [0.25, 0.3) is 0 Å². The van der Waals surface area contributed by atoms with Gasteiger partial charge in [-0.1, -0.05) is 37.0 Å². The molecule has 0 unspecified atom stereocenters. The smallest absolute Gasteiger partial charge is 0.251 e. The van der Waals surface area contributed by atoms with Crippen LogP contribution in [0.2, 0.25) is 0 Å². The molecule has 2 atom stereocenters. The highest BCUT2D eigenvalue weighted by Gasteiger charge is 2.45. The van der Waals surface area contributed by atoms with Crippen molar-refractivity contribution in [3.05, 3.63) is 46.6 Å². The van der Waals surface area contributed by atoms with E-state index in [0.29, 0.717) is 11.5 Å². The van der Waals surface area contributed by atoms with Crippen LogP contribution in [-0.2, 0) is 10.3 Å². The zero-order valence-corrected chi connectivity index (χ0v) is 19.3. The van der Waals surface area contributed by atoms with E-state index < -0.39 is 6.04 Å². The van der Waals surface area contributed by atoms with Crippen LogP contribution in [-0.4, -0.2) is 27.6 Å². The van der Waals surface area contributed by atoms with Crippen LogP contribution in [0.15, 0.2) is 24.3 Å². The maximum Gasteiger partial charge on any atom is 0.251 e. The molecule has 2 amide bonds. The first-order chi connectivity index (χ1) is 14.7. The van der Waals surface area contributed by atoms with Gasteiger partial charge in [-0.15, -0.1) is 0 Å². The van der Waals surface area contributed by atoms with E-state index in [1.807, 2.05) is 36.7 Å². The SMILES string of the molecule is Cc1cccc(C(=O)N[C@H]2C(=O)Nc3c(c(C)nn3C(C)(C)C)[C@@H]2C2CCCCC2)c1. The predicted octanol–water partition coefficient (Wildman–Crippen LogP) is 4.67. The summed E-state index contributed by atoms with van der Waals surface area (Å²) in [5.41, 5.74) is 3.39. The second kappa shape index (κ2) is 8.13. The van der Waals surface area contributed by atoms with Gasteiger partial charge < -0.3 is 10.6 Å². The largest absolute Gasteiger partial charge is 0.340 e. The quantitative estimate of drug-likeness (QED) is 0.755. The van der Waals surface area contributed by atoms with Crippen LogP contribution >= 0.6 is 0 Å². The number of nitrogens with one attached hydrogen (secondary N) is 2. The van der Waals surface area contributed by atoms with Crippen molar-refractivity contribution < 1.29 is 9.59 Å². The molecule has 31 heavy (non-hydrogen) atoms. The van der Waals surface area contributed by atoms with Crippen LogP contribution in [0.3, 0.4) is 0 Å². The van der Waals surface area contributed by atoms with Gasteiger partial charge in [0.25, 0.3) is 5.91 Å². The number of carbonyl (C=O) groups excluding carboxylic acids is 2. The molecule has 2 heterocycles. The molecule has 166 valence electrons. The number of nitrogens with zero attached hydrogens (tertiary/aromatic N) is 2. The molecule has 0 saturated heterocycles. The van der Waals surface area contributed by atoms with Crippen molar-refractivity contribution in [2.75, 3.05) is 5.32 Å². The van der Waals surface area contributed by atoms with Crippen molar-refractivity contribution in [2.45, 2.75) is 84.2 Å². The normalized spacial score (nSPS) is 22.0. The molecule has 6 nitrogen and oxygen atoms in total. The van der Waals surface area contributed by atoms with Gasteiger partial charge in [-0.25, -0.2) is 4.68 Å². The van der Waals surface area contributed by atoms with Crippen LogP contribution in [0.1, 0.15) is 86.0 Å². The number of anilines is 1. The molecule has 0 radical (unpaired) electrons. The number of hydrogen-bond acceptors (Lipinski definition) is 3. The Morgan fingerprint density at radius 2 is 1.87 bits per heavy atom. The maximum absolute atomic E-state index is 13.4. The fraction of sp³-hybridized carbons (Fsp3) is 0.560. The molecule has 2 aromatic rings. The topological polar surface area (TPSA) is 76.0 Å². The fourth-order valence-corrected chi connectivity index (χ4v) is 5.24. The zero-order valence-electron chi connectivity index (χ0n) is 19.3. The predicted molar refractivity (Wildman–Crippen MR) is 122 cm³/mol. The maximum atomic E-state index is 13.4. The van der Waals surface area contributed by atoms with Crippen LogP contribution < -0.4 is 10.6 Å². The van der Waals surface area contributed by atoms with E-state index in [-0.39, 0.29) is 23.3 Å². The Labute approximate surface area is 184 Å². The number of amides is 2. The third-order valence-corrected chi connectivity index (χ3v) is 6.68. The highest BCUT2D eigenvalue weighted by Crippen LogP contribution is 2.45. The molecule has 4 rings (SSSR count). The molecule has 1 fully saturated rings. The van der Waals surface area contributed by atoms with E-state index in [1.54, 1.807) is 6.07 Å². The summed E-state index contributed by atoms with van der Waals surface area (Å²) < 4.78 is 1.93. The summed E-state index contributed by atoms with van der Waals surface area (Å²) in [6, 6.07) is 6.90. The number of hydrogen-bond donors (Lipinski definition) is 2. The fourth-order valence-electron chi connectivity index (χ4n) is 5.24. The van der Waals surface area contributed by atoms with Gasteiger partial charge in [-0.3, -0.25) is 9.59 Å². The van der Waals surface area contributed by atoms with Gasteiger partial charge >= 0.3 is 0 Å².